The highest BCUT2D eigenvalue weighted by atomic mass is 127. The van der Waals surface area contributed by atoms with Gasteiger partial charge in [0.2, 0.25) is 0 Å². The summed E-state index contributed by atoms with van der Waals surface area (Å²) < 4.78 is 49.1. The molecule has 0 bridgehead atoms. The van der Waals surface area contributed by atoms with Crippen LogP contribution in [-0.2, 0) is 11.3 Å². The molecule has 2 heterocycles. The van der Waals surface area contributed by atoms with E-state index >= 15 is 0 Å². The number of guanidine groups is 1. The number of alkyl halides is 3. The highest BCUT2D eigenvalue weighted by Crippen LogP contribution is 2.25. The number of hydrogen-bond donors (Lipinski definition) is 1. The van der Waals surface area contributed by atoms with E-state index in [1.807, 2.05) is 17.0 Å². The van der Waals surface area contributed by atoms with Crippen molar-refractivity contribution >= 4 is 29.9 Å². The van der Waals surface area contributed by atoms with E-state index in [0.29, 0.717) is 45.9 Å². The summed E-state index contributed by atoms with van der Waals surface area (Å²) in [6.45, 7) is 4.71. The van der Waals surface area contributed by atoms with Crippen LogP contribution in [0.1, 0.15) is 19.1 Å². The number of rotatable bonds is 7. The smallest absolute Gasteiger partial charge is 0.403 e. The molecule has 1 fully saturated rings. The topological polar surface area (TPSA) is 53.2 Å². The van der Waals surface area contributed by atoms with Crippen molar-refractivity contribution < 1.29 is 22.3 Å². The van der Waals surface area contributed by atoms with Gasteiger partial charge in [0.25, 0.3) is 0 Å². The van der Waals surface area contributed by atoms with Crippen LogP contribution in [0.25, 0.3) is 0 Å². The Morgan fingerprint density at radius 1 is 1.33 bits per heavy atom. The second kappa shape index (κ2) is 11.7. The summed E-state index contributed by atoms with van der Waals surface area (Å²) in [5.41, 5.74) is 0. The number of nitrogens with zero attached hydrogens (tertiary/aromatic N) is 3. The number of aliphatic imine (C=N–C) groups is 1. The molecule has 1 saturated heterocycles. The van der Waals surface area contributed by atoms with Crippen LogP contribution in [0, 0.1) is 0 Å². The standard InChI is InChI=1S/C17H27F3N4O2.HI/c1-14(17(18,19)20)23-7-9-24(10-8-23)16(21-2)22-6-4-11-25-13-15-5-3-12-26-15;/h3,5,12,14H,4,6-11,13H2,1-2H3,(H,21,22);1H. The second-order valence-electron chi connectivity index (χ2n) is 6.20. The van der Waals surface area contributed by atoms with Crippen molar-refractivity contribution in [3.63, 3.8) is 0 Å². The van der Waals surface area contributed by atoms with Crippen LogP contribution in [0.5, 0.6) is 0 Å². The van der Waals surface area contributed by atoms with Gasteiger partial charge in [-0.15, -0.1) is 24.0 Å². The average Bonchev–Trinajstić information content (AvgIpc) is 3.13. The van der Waals surface area contributed by atoms with Crippen molar-refractivity contribution in [1.82, 2.24) is 15.1 Å². The van der Waals surface area contributed by atoms with Crippen molar-refractivity contribution in [3.8, 4) is 0 Å². The lowest BCUT2D eigenvalue weighted by molar-refractivity contribution is -0.181. The predicted octanol–water partition coefficient (Wildman–Crippen LogP) is 2.95. The van der Waals surface area contributed by atoms with E-state index in [9.17, 15) is 13.2 Å². The molecule has 0 radical (unpaired) electrons. The van der Waals surface area contributed by atoms with E-state index < -0.39 is 12.2 Å². The number of nitrogens with one attached hydrogen (secondary N) is 1. The summed E-state index contributed by atoms with van der Waals surface area (Å²) in [6, 6.07) is 2.27. The molecule has 1 aromatic rings. The summed E-state index contributed by atoms with van der Waals surface area (Å²) in [6.07, 6.45) is -1.78. The quantitative estimate of drug-likeness (QED) is 0.268. The van der Waals surface area contributed by atoms with Gasteiger partial charge in [0, 0.05) is 46.4 Å². The fourth-order valence-electron chi connectivity index (χ4n) is 2.80. The fraction of sp³-hybridized carbons (Fsp3) is 0.706. The number of hydrogen-bond acceptors (Lipinski definition) is 4. The summed E-state index contributed by atoms with van der Waals surface area (Å²) in [7, 11) is 1.68. The van der Waals surface area contributed by atoms with Gasteiger partial charge in [-0.1, -0.05) is 0 Å². The largest absolute Gasteiger partial charge is 0.467 e. The first-order chi connectivity index (χ1) is 12.4. The zero-order chi connectivity index (χ0) is 19.0. The maximum absolute atomic E-state index is 12.8. The van der Waals surface area contributed by atoms with Gasteiger partial charge in [-0.3, -0.25) is 9.89 Å². The summed E-state index contributed by atoms with van der Waals surface area (Å²) >= 11 is 0. The molecule has 0 aromatic carbocycles. The minimum atomic E-state index is -4.18. The maximum atomic E-state index is 12.8. The molecule has 1 unspecified atom stereocenters. The third-order valence-electron chi connectivity index (χ3n) is 4.42. The van der Waals surface area contributed by atoms with E-state index in [4.69, 9.17) is 9.15 Å². The zero-order valence-corrected chi connectivity index (χ0v) is 18.0. The second-order valence-corrected chi connectivity index (χ2v) is 6.20. The number of ether oxygens (including phenoxy) is 1. The van der Waals surface area contributed by atoms with E-state index in [1.165, 1.54) is 11.8 Å². The van der Waals surface area contributed by atoms with Crippen LogP contribution in [0.3, 0.4) is 0 Å². The lowest BCUT2D eigenvalue weighted by Gasteiger charge is -2.39. The Morgan fingerprint density at radius 2 is 2.04 bits per heavy atom. The van der Waals surface area contributed by atoms with E-state index in [1.54, 1.807) is 13.3 Å². The Hall–Kier alpha value is -1.01. The highest BCUT2D eigenvalue weighted by Gasteiger charge is 2.41. The molecule has 156 valence electrons. The van der Waals surface area contributed by atoms with Crippen LogP contribution in [0.2, 0.25) is 0 Å². The molecular formula is C17H28F3IN4O2. The van der Waals surface area contributed by atoms with Crippen molar-refractivity contribution in [3.05, 3.63) is 24.2 Å². The third kappa shape index (κ3) is 7.86. The summed E-state index contributed by atoms with van der Waals surface area (Å²) in [5, 5.41) is 3.24. The normalized spacial score (nSPS) is 17.5. The third-order valence-corrected chi connectivity index (χ3v) is 4.42. The van der Waals surface area contributed by atoms with Crippen LogP contribution < -0.4 is 5.32 Å². The molecule has 1 aliphatic heterocycles. The Kier molecular flexibility index (Phi) is 10.5. The minimum Gasteiger partial charge on any atom is -0.467 e. The molecule has 2 rings (SSSR count). The number of halogens is 4. The van der Waals surface area contributed by atoms with Crippen molar-refractivity contribution in [2.75, 3.05) is 46.4 Å². The molecule has 1 aromatic heterocycles. The monoisotopic (exact) mass is 504 g/mol. The molecular weight excluding hydrogens is 476 g/mol. The van der Waals surface area contributed by atoms with Crippen LogP contribution in [0.4, 0.5) is 13.2 Å². The Balaban J connectivity index is 0.00000364. The van der Waals surface area contributed by atoms with E-state index in [2.05, 4.69) is 10.3 Å². The van der Waals surface area contributed by atoms with Crippen LogP contribution in [0.15, 0.2) is 27.8 Å². The molecule has 1 atom stereocenters. The molecule has 1 aliphatic rings. The highest BCUT2D eigenvalue weighted by molar-refractivity contribution is 14.0. The van der Waals surface area contributed by atoms with Gasteiger partial charge >= 0.3 is 6.18 Å². The lowest BCUT2D eigenvalue weighted by Crippen LogP contribution is -2.56. The average molecular weight is 504 g/mol. The molecule has 10 heteroatoms. The molecule has 0 spiro atoms. The van der Waals surface area contributed by atoms with Gasteiger partial charge in [0.15, 0.2) is 5.96 Å². The van der Waals surface area contributed by atoms with Crippen molar-refractivity contribution in [2.24, 2.45) is 4.99 Å². The first-order valence-corrected chi connectivity index (χ1v) is 8.78. The molecule has 0 saturated carbocycles. The van der Waals surface area contributed by atoms with Crippen LogP contribution >= 0.6 is 24.0 Å². The predicted molar refractivity (Wildman–Crippen MR) is 108 cm³/mol. The van der Waals surface area contributed by atoms with E-state index in [0.717, 1.165) is 18.1 Å². The maximum Gasteiger partial charge on any atom is 0.403 e. The summed E-state index contributed by atoms with van der Waals surface area (Å²) in [4.78, 5) is 7.68. The van der Waals surface area contributed by atoms with Gasteiger partial charge in [0.1, 0.15) is 18.4 Å². The van der Waals surface area contributed by atoms with Gasteiger partial charge < -0.3 is 19.4 Å². The fourth-order valence-corrected chi connectivity index (χ4v) is 2.80. The van der Waals surface area contributed by atoms with E-state index in [-0.39, 0.29) is 24.0 Å². The van der Waals surface area contributed by atoms with Gasteiger partial charge in [-0.25, -0.2) is 0 Å². The SMILES string of the molecule is CN=C(NCCCOCc1ccco1)N1CCN(C(C)C(F)(F)F)CC1.I. The molecule has 27 heavy (non-hydrogen) atoms. The van der Waals surface area contributed by atoms with Crippen molar-refractivity contribution in [1.29, 1.82) is 0 Å². The first kappa shape index (κ1) is 24.0. The molecule has 6 nitrogen and oxygen atoms in total. The molecule has 0 aliphatic carbocycles. The number of piperazine rings is 1. The minimum absolute atomic E-state index is 0. The zero-order valence-electron chi connectivity index (χ0n) is 15.7. The number of furan rings is 1. The molecule has 0 amide bonds. The Morgan fingerprint density at radius 3 is 2.59 bits per heavy atom. The van der Waals surface area contributed by atoms with Crippen molar-refractivity contribution in [2.45, 2.75) is 32.2 Å². The lowest BCUT2D eigenvalue weighted by atomic mass is 10.2. The van der Waals surface area contributed by atoms with Gasteiger partial charge in [0.05, 0.1) is 6.26 Å². The summed E-state index contributed by atoms with van der Waals surface area (Å²) in [5.74, 6) is 1.51. The van der Waals surface area contributed by atoms with Gasteiger partial charge in [-0.05, 0) is 25.5 Å². The Labute approximate surface area is 175 Å². The van der Waals surface area contributed by atoms with Crippen LogP contribution in [-0.4, -0.2) is 74.4 Å². The first-order valence-electron chi connectivity index (χ1n) is 8.78. The molecule has 1 N–H and O–H groups in total. The van der Waals surface area contributed by atoms with Gasteiger partial charge in [-0.2, -0.15) is 13.2 Å². The Bertz CT molecular complexity index is 547.